The maximum absolute atomic E-state index is 12.1. The summed E-state index contributed by atoms with van der Waals surface area (Å²) in [6.45, 7) is 2.05. The van der Waals surface area contributed by atoms with Gasteiger partial charge in [-0.15, -0.1) is 0 Å². The van der Waals surface area contributed by atoms with Crippen molar-refractivity contribution in [3.63, 3.8) is 0 Å². The summed E-state index contributed by atoms with van der Waals surface area (Å²) in [5, 5.41) is 7.78. The molecule has 0 radical (unpaired) electrons. The molecule has 0 aliphatic rings. The number of halogens is 2. The quantitative estimate of drug-likeness (QED) is 0.889. The maximum atomic E-state index is 12.1. The average Bonchev–Trinajstić information content (AvgIpc) is 2.78. The van der Waals surface area contributed by atoms with Gasteiger partial charge in [0.1, 0.15) is 5.75 Å². The Labute approximate surface area is 122 Å². The van der Waals surface area contributed by atoms with Gasteiger partial charge in [0.15, 0.2) is 0 Å². The van der Waals surface area contributed by atoms with E-state index in [0.717, 1.165) is 16.8 Å². The minimum atomic E-state index is -2.81. The molecule has 2 aromatic rings. The van der Waals surface area contributed by atoms with Gasteiger partial charge in [-0.3, -0.25) is 4.68 Å². The smallest absolute Gasteiger partial charge is 0.387 e. The summed E-state index contributed by atoms with van der Waals surface area (Å²) in [6.07, 6.45) is 1.95. The zero-order chi connectivity index (χ0) is 15.4. The van der Waals surface area contributed by atoms with Gasteiger partial charge in [-0.25, -0.2) is 0 Å². The maximum Gasteiger partial charge on any atom is 0.387 e. The van der Waals surface area contributed by atoms with E-state index in [2.05, 4.69) is 29.0 Å². The first-order chi connectivity index (χ1) is 9.95. The van der Waals surface area contributed by atoms with Gasteiger partial charge in [0, 0.05) is 37.0 Å². The van der Waals surface area contributed by atoms with Crippen LogP contribution in [0.25, 0.3) is 11.3 Å². The molecule has 2 rings (SSSR count). The Hall–Kier alpha value is -1.95. The first-order valence-electron chi connectivity index (χ1n) is 6.77. The van der Waals surface area contributed by atoms with E-state index in [1.807, 2.05) is 13.2 Å². The van der Waals surface area contributed by atoms with Gasteiger partial charge in [-0.2, -0.15) is 13.9 Å². The third-order valence-electron chi connectivity index (χ3n) is 2.96. The number of benzene rings is 1. The van der Waals surface area contributed by atoms with Crippen LogP contribution >= 0.6 is 0 Å². The molecular formula is C15H19F2N3O. The van der Waals surface area contributed by atoms with Crippen LogP contribution in [-0.4, -0.2) is 22.4 Å². The van der Waals surface area contributed by atoms with Crippen molar-refractivity contribution in [2.75, 3.05) is 0 Å². The zero-order valence-corrected chi connectivity index (χ0v) is 12.3. The average molecular weight is 295 g/mol. The largest absolute Gasteiger partial charge is 0.435 e. The predicted molar refractivity (Wildman–Crippen MR) is 77.3 cm³/mol. The van der Waals surface area contributed by atoms with Gasteiger partial charge < -0.3 is 10.1 Å². The summed E-state index contributed by atoms with van der Waals surface area (Å²) in [5.74, 6) is 0.145. The van der Waals surface area contributed by atoms with Crippen molar-refractivity contribution in [2.24, 2.45) is 7.05 Å². The lowest BCUT2D eigenvalue weighted by Crippen LogP contribution is -2.21. The molecule has 0 aliphatic heterocycles. The topological polar surface area (TPSA) is 39.1 Å². The Morgan fingerprint density at radius 3 is 2.48 bits per heavy atom. The van der Waals surface area contributed by atoms with Crippen LogP contribution in [0.15, 0.2) is 30.5 Å². The molecule has 6 heteroatoms. The number of alkyl halides is 2. The lowest BCUT2D eigenvalue weighted by molar-refractivity contribution is -0.0498. The molecule has 1 N–H and O–H groups in total. The lowest BCUT2D eigenvalue weighted by atomic mass is 10.1. The van der Waals surface area contributed by atoms with E-state index in [4.69, 9.17) is 0 Å². The van der Waals surface area contributed by atoms with E-state index < -0.39 is 6.61 Å². The fraction of sp³-hybridized carbons (Fsp3) is 0.400. The SMILES string of the molecule is CC(C)NCc1cn(C)nc1-c1ccc(OC(F)F)cc1. The first-order valence-corrected chi connectivity index (χ1v) is 6.77. The van der Waals surface area contributed by atoms with E-state index in [1.165, 1.54) is 12.1 Å². The number of rotatable bonds is 6. The summed E-state index contributed by atoms with van der Waals surface area (Å²) in [7, 11) is 1.86. The second-order valence-corrected chi connectivity index (χ2v) is 5.12. The first kappa shape index (κ1) is 15.4. The summed E-state index contributed by atoms with van der Waals surface area (Å²) < 4.78 is 30.4. The molecule has 0 fully saturated rings. The zero-order valence-electron chi connectivity index (χ0n) is 12.3. The van der Waals surface area contributed by atoms with Gasteiger partial charge in [0.05, 0.1) is 5.69 Å². The van der Waals surface area contributed by atoms with Crippen LogP contribution in [0, 0.1) is 0 Å². The van der Waals surface area contributed by atoms with Crippen LogP contribution in [-0.2, 0) is 13.6 Å². The Bertz CT molecular complexity index is 579. The number of hydrogen-bond donors (Lipinski definition) is 1. The fourth-order valence-electron chi connectivity index (χ4n) is 2.02. The van der Waals surface area contributed by atoms with Crippen LogP contribution in [0.4, 0.5) is 8.78 Å². The number of aromatic nitrogens is 2. The van der Waals surface area contributed by atoms with E-state index in [0.29, 0.717) is 12.6 Å². The van der Waals surface area contributed by atoms with Crippen molar-refractivity contribution < 1.29 is 13.5 Å². The Kier molecular flexibility index (Phi) is 4.90. The van der Waals surface area contributed by atoms with Crippen molar-refractivity contribution in [3.05, 3.63) is 36.0 Å². The third-order valence-corrected chi connectivity index (χ3v) is 2.96. The van der Waals surface area contributed by atoms with Crippen LogP contribution in [0.1, 0.15) is 19.4 Å². The van der Waals surface area contributed by atoms with Crippen molar-refractivity contribution in [2.45, 2.75) is 33.0 Å². The Morgan fingerprint density at radius 1 is 1.24 bits per heavy atom. The molecule has 0 atom stereocenters. The molecule has 1 aromatic carbocycles. The molecule has 0 spiro atoms. The predicted octanol–water partition coefficient (Wildman–Crippen LogP) is 3.19. The summed E-state index contributed by atoms with van der Waals surface area (Å²) in [5.41, 5.74) is 2.78. The molecule has 1 aromatic heterocycles. The van der Waals surface area contributed by atoms with Gasteiger partial charge in [0.2, 0.25) is 0 Å². The molecule has 0 unspecified atom stereocenters. The van der Waals surface area contributed by atoms with E-state index in [9.17, 15) is 8.78 Å². The number of hydrogen-bond acceptors (Lipinski definition) is 3. The molecule has 1 heterocycles. The molecule has 4 nitrogen and oxygen atoms in total. The molecule has 0 amide bonds. The van der Waals surface area contributed by atoms with E-state index >= 15 is 0 Å². The molecule has 0 bridgehead atoms. The minimum Gasteiger partial charge on any atom is -0.435 e. The molecule has 114 valence electrons. The van der Waals surface area contributed by atoms with Gasteiger partial charge >= 0.3 is 6.61 Å². The van der Waals surface area contributed by atoms with Crippen molar-refractivity contribution in [1.29, 1.82) is 0 Å². The second kappa shape index (κ2) is 6.67. The Balaban J connectivity index is 2.20. The molecule has 0 saturated heterocycles. The van der Waals surface area contributed by atoms with Crippen LogP contribution in [0.2, 0.25) is 0 Å². The number of aryl methyl sites for hydroxylation is 1. The number of ether oxygens (including phenoxy) is 1. The number of nitrogens with one attached hydrogen (secondary N) is 1. The van der Waals surface area contributed by atoms with Crippen molar-refractivity contribution in [3.8, 4) is 17.0 Å². The molecule has 0 aliphatic carbocycles. The summed E-state index contributed by atoms with van der Waals surface area (Å²) in [4.78, 5) is 0. The van der Waals surface area contributed by atoms with Gasteiger partial charge in [-0.05, 0) is 24.3 Å². The minimum absolute atomic E-state index is 0.145. The fourth-order valence-corrected chi connectivity index (χ4v) is 2.02. The summed E-state index contributed by atoms with van der Waals surface area (Å²) >= 11 is 0. The molecule has 0 saturated carbocycles. The van der Waals surface area contributed by atoms with Crippen molar-refractivity contribution >= 4 is 0 Å². The second-order valence-electron chi connectivity index (χ2n) is 5.12. The van der Waals surface area contributed by atoms with Gasteiger partial charge in [-0.1, -0.05) is 13.8 Å². The molecule has 21 heavy (non-hydrogen) atoms. The molecular weight excluding hydrogens is 276 g/mol. The lowest BCUT2D eigenvalue weighted by Gasteiger charge is -2.08. The normalized spacial score (nSPS) is 11.4. The summed E-state index contributed by atoms with van der Waals surface area (Å²) in [6, 6.07) is 6.89. The van der Waals surface area contributed by atoms with Crippen LogP contribution in [0.5, 0.6) is 5.75 Å². The third kappa shape index (κ3) is 4.26. The van der Waals surface area contributed by atoms with E-state index in [1.54, 1.807) is 16.8 Å². The van der Waals surface area contributed by atoms with Crippen molar-refractivity contribution in [1.82, 2.24) is 15.1 Å². The monoisotopic (exact) mass is 295 g/mol. The van der Waals surface area contributed by atoms with Crippen LogP contribution in [0.3, 0.4) is 0 Å². The highest BCUT2D eigenvalue weighted by Crippen LogP contribution is 2.25. The standard InChI is InChI=1S/C15H19F2N3O/c1-10(2)18-8-12-9-20(3)19-14(12)11-4-6-13(7-5-11)21-15(16)17/h4-7,9-10,15,18H,8H2,1-3H3. The Morgan fingerprint density at radius 2 is 1.90 bits per heavy atom. The van der Waals surface area contributed by atoms with Crippen LogP contribution < -0.4 is 10.1 Å². The van der Waals surface area contributed by atoms with E-state index in [-0.39, 0.29) is 5.75 Å². The highest BCUT2D eigenvalue weighted by molar-refractivity contribution is 5.63. The van der Waals surface area contributed by atoms with Gasteiger partial charge in [0.25, 0.3) is 0 Å². The highest BCUT2D eigenvalue weighted by Gasteiger charge is 2.11. The number of nitrogens with zero attached hydrogens (tertiary/aromatic N) is 2. The highest BCUT2D eigenvalue weighted by atomic mass is 19.3.